The molecule has 3 atom stereocenters. The number of fused-ring (bicyclic) bond motifs is 4. The van der Waals surface area contributed by atoms with Crippen LogP contribution in [0, 0.1) is 18.7 Å². The molecular formula is C89H92ClF4N16O15S+. The maximum absolute atomic E-state index is 14.7. The fourth-order valence-corrected chi connectivity index (χ4v) is 16.2. The quantitative estimate of drug-likeness (QED) is 0.00242. The first-order valence-electron chi connectivity index (χ1n) is 40.3. The van der Waals surface area contributed by atoms with E-state index < -0.39 is 96.9 Å². The third-order valence-electron chi connectivity index (χ3n) is 21.3. The smallest absolute Gasteiger partial charge is 0.491 e. The largest absolute Gasteiger partial charge is 0.496 e. The van der Waals surface area contributed by atoms with Crippen molar-refractivity contribution in [2.75, 3.05) is 98.7 Å². The standard InChI is InChI=1S/C89H91ClF4N16O15S/c1-52(2)77(106-73(111)46-99-87(117)121-42-36-102-107-96)81(113)105-68(22-15-34-98-86(95)116)80(112)104-59-30-27-56(57(44-59)47-108(4)88(118)123-50-67-64-19-10-8-17-62(64)63-18-9-11-20-65(63)67)48-110(5)40-37-109(38-41-110)39-43-120-71-32-31-61(53(3)76(71)90)74-75-82(100-51-101-83(75)126-78(74)54-25-28-58(91)29-26-54)124-72(84(114)125-85(115)89(92,93)94)45-55-16-7-13-23-69(55)122-49-60-33-35-97-79(103-60)66-21-12-14-24-70(66)119-6/h7-14,16-21,23-33,35,44,51-52,67-68,72,77H,15,22,34,36-43,45-50H2,1-6H3,(H6-,95,98,99,104,105,106,111,112,113,116,117)/p+1/t68-,72+,77-/m0/s1. The van der Waals surface area contributed by atoms with E-state index in [0.717, 1.165) is 45.5 Å². The number of halogens is 5. The Kier molecular flexibility index (Phi) is 30.7. The van der Waals surface area contributed by atoms with Gasteiger partial charge < -0.3 is 74.9 Å². The van der Waals surface area contributed by atoms with Crippen LogP contribution in [0.3, 0.4) is 0 Å². The first kappa shape index (κ1) is 91.7. The molecule has 10 aromatic rings. The summed E-state index contributed by atoms with van der Waals surface area (Å²) >= 11 is 8.47. The highest BCUT2D eigenvalue weighted by molar-refractivity contribution is 7.22. The number of aromatic nitrogens is 4. The lowest BCUT2D eigenvalue weighted by molar-refractivity contribution is -0.926. The molecule has 2 aliphatic rings. The summed E-state index contributed by atoms with van der Waals surface area (Å²) in [6.45, 7) is 7.90. The molecule has 1 saturated heterocycles. The maximum atomic E-state index is 14.7. The number of alkyl halides is 3. The summed E-state index contributed by atoms with van der Waals surface area (Å²) in [5.41, 5.74) is 23.1. The second kappa shape index (κ2) is 42.2. The van der Waals surface area contributed by atoms with Gasteiger partial charge in [-0.3, -0.25) is 19.3 Å². The van der Waals surface area contributed by atoms with E-state index in [9.17, 15) is 55.9 Å². The number of thiophene rings is 1. The second-order valence-corrected chi connectivity index (χ2v) is 31.9. The molecule has 31 nitrogen and oxygen atoms in total. The number of nitrogens with zero attached hydrogens (tertiary/aromatic N) is 10. The minimum Gasteiger partial charge on any atom is -0.496 e. The average molecular weight is 1770 g/mol. The third-order valence-corrected chi connectivity index (χ3v) is 23.0. The summed E-state index contributed by atoms with van der Waals surface area (Å²) < 4.78 is 97.1. The number of azide groups is 1. The fraction of sp³-hybridized carbons (Fsp3) is 0.326. The van der Waals surface area contributed by atoms with E-state index in [2.05, 4.69) is 73.2 Å². The van der Waals surface area contributed by atoms with Gasteiger partial charge in [0.1, 0.15) is 79.2 Å². The fourth-order valence-electron chi connectivity index (χ4n) is 14.8. The zero-order chi connectivity index (χ0) is 89.8. The number of likely N-dealkylation sites (N-methyl/N-ethyl adjacent to an activating group) is 1. The Hall–Kier alpha value is -13.5. The molecule has 7 aromatic carbocycles. The molecule has 1 fully saturated rings. The van der Waals surface area contributed by atoms with E-state index in [1.807, 2.05) is 54.6 Å². The summed E-state index contributed by atoms with van der Waals surface area (Å²) in [7, 11) is 5.28. The molecule has 0 unspecified atom stereocenters. The summed E-state index contributed by atoms with van der Waals surface area (Å²) in [4.78, 5) is 132. The number of hydrogen-bond donors (Lipinski definition) is 6. The van der Waals surface area contributed by atoms with Crippen LogP contribution in [0.4, 0.5) is 37.6 Å². The highest BCUT2D eigenvalue weighted by atomic mass is 35.5. The van der Waals surface area contributed by atoms with Gasteiger partial charge in [0.25, 0.3) is 0 Å². The Balaban J connectivity index is 0.750. The molecule has 7 N–H and O–H groups in total. The van der Waals surface area contributed by atoms with Gasteiger partial charge in [-0.25, -0.2) is 48.3 Å². The van der Waals surface area contributed by atoms with Crippen LogP contribution in [0.5, 0.6) is 23.1 Å². The molecule has 658 valence electrons. The van der Waals surface area contributed by atoms with Gasteiger partial charge in [-0.1, -0.05) is 134 Å². The van der Waals surface area contributed by atoms with Crippen molar-refractivity contribution in [1.82, 2.24) is 51.0 Å². The molecular weight excluding hydrogens is 1680 g/mol. The number of quaternary nitrogens is 1. The van der Waals surface area contributed by atoms with Gasteiger partial charge in [0.05, 0.1) is 62.1 Å². The van der Waals surface area contributed by atoms with Crippen molar-refractivity contribution in [2.45, 2.75) is 90.0 Å². The second-order valence-electron chi connectivity index (χ2n) is 30.5. The highest BCUT2D eigenvalue weighted by Gasteiger charge is 2.45. The first-order chi connectivity index (χ1) is 60.5. The van der Waals surface area contributed by atoms with Crippen molar-refractivity contribution in [1.29, 1.82) is 0 Å². The number of esters is 2. The van der Waals surface area contributed by atoms with Crippen molar-refractivity contribution in [3.05, 3.63) is 231 Å². The van der Waals surface area contributed by atoms with E-state index in [1.165, 1.54) is 24.1 Å². The van der Waals surface area contributed by atoms with Crippen LogP contribution in [-0.4, -0.2) is 200 Å². The summed E-state index contributed by atoms with van der Waals surface area (Å²) in [6.07, 6.45) is -6.78. The number of rotatable bonds is 37. The number of primary amides is 1. The normalized spacial score (nSPS) is 13.6. The van der Waals surface area contributed by atoms with Crippen LogP contribution in [0.1, 0.15) is 71.7 Å². The zero-order valence-electron chi connectivity index (χ0n) is 69.5. The van der Waals surface area contributed by atoms with E-state index in [1.54, 1.807) is 125 Å². The number of piperazine rings is 1. The number of ether oxygens (including phenoxy) is 7. The summed E-state index contributed by atoms with van der Waals surface area (Å²) in [5, 5.41) is 16.8. The third kappa shape index (κ3) is 23.5. The topological polar surface area (TPSA) is 394 Å². The van der Waals surface area contributed by atoms with Gasteiger partial charge in [-0.2, -0.15) is 13.2 Å². The minimum absolute atomic E-state index is 0.00220. The van der Waals surface area contributed by atoms with E-state index in [-0.39, 0.29) is 97.3 Å². The number of alkyl carbamates (subject to hydrolysis) is 1. The van der Waals surface area contributed by atoms with Crippen LogP contribution in [0.2, 0.25) is 5.02 Å². The number of methoxy groups -OCH3 is 1. The number of urea groups is 1. The van der Waals surface area contributed by atoms with E-state index >= 15 is 0 Å². The lowest BCUT2D eigenvalue weighted by atomic mass is 9.96. The molecule has 7 amide bonds. The van der Waals surface area contributed by atoms with E-state index in [0.29, 0.717) is 111 Å². The van der Waals surface area contributed by atoms with Gasteiger partial charge in [-0.05, 0) is 136 Å². The molecule has 0 radical (unpaired) electrons. The van der Waals surface area contributed by atoms with Gasteiger partial charge >= 0.3 is 36.3 Å². The average Bonchev–Trinajstić information content (AvgIpc) is 1.58. The molecule has 0 spiro atoms. The number of nitrogens with one attached hydrogen (secondary N) is 5. The minimum atomic E-state index is -5.57. The predicted octanol–water partition coefficient (Wildman–Crippen LogP) is 13.6. The Morgan fingerprint density at radius 2 is 1.48 bits per heavy atom. The van der Waals surface area contributed by atoms with Gasteiger partial charge in [0, 0.05) is 84.9 Å². The van der Waals surface area contributed by atoms with Crippen LogP contribution < -0.4 is 51.3 Å². The number of anilines is 1. The van der Waals surface area contributed by atoms with Crippen molar-refractivity contribution in [3.8, 4) is 67.2 Å². The predicted molar refractivity (Wildman–Crippen MR) is 460 cm³/mol. The number of benzene rings is 7. The van der Waals surface area contributed by atoms with Crippen LogP contribution in [0.15, 0.2) is 175 Å². The van der Waals surface area contributed by atoms with Gasteiger partial charge in [-0.15, -0.1) is 11.3 Å². The SMILES string of the molecule is COc1ccccc1-c1nccc(COc2ccccc2C[C@@H](Oc2ncnc3sc(-c4ccc(F)cc4)c(-c4ccc(OCCN5CC[N+](C)(Cc6ccc(NC(=O)[C@H](CCCNC(N)=O)NC(=O)[C@@H](NC(=O)CNC(=O)OCCN=[N+]=[N-])C(C)C)cc6CN(C)C(=O)OCC6c7ccccc7-c7ccccc76)CC5)c(Cl)c4C)c23)C(=O)OC(=O)C(F)(F)F)n1. The molecule has 1 aliphatic heterocycles. The number of amides is 7. The molecule has 126 heavy (non-hydrogen) atoms. The molecule has 0 bridgehead atoms. The molecule has 37 heteroatoms. The van der Waals surface area contributed by atoms with Crippen molar-refractivity contribution in [3.63, 3.8) is 0 Å². The summed E-state index contributed by atoms with van der Waals surface area (Å²) in [5.74, 6) is -6.78. The number of hydrogen-bond acceptors (Lipinski definition) is 22. The molecule has 0 saturated carbocycles. The lowest BCUT2D eigenvalue weighted by Crippen LogP contribution is -2.57. The molecule has 1 aliphatic carbocycles. The number of carbonyl (C=O) groups excluding carboxylic acids is 8. The molecule has 4 heterocycles. The monoisotopic (exact) mass is 1770 g/mol. The van der Waals surface area contributed by atoms with Crippen molar-refractivity contribution >= 4 is 86.7 Å². The number of carbonyl (C=O) groups is 8. The van der Waals surface area contributed by atoms with Crippen LogP contribution in [0.25, 0.3) is 64.7 Å². The van der Waals surface area contributed by atoms with Crippen LogP contribution in [-0.2, 0) is 64.3 Å². The summed E-state index contributed by atoms with van der Waals surface area (Å²) in [6, 6.07) is 42.4. The number of nitrogens with two attached hydrogens (primary N) is 1. The Morgan fingerprint density at radius 3 is 2.17 bits per heavy atom. The Labute approximate surface area is 730 Å². The van der Waals surface area contributed by atoms with Gasteiger partial charge in [0.15, 0.2) is 5.82 Å². The lowest BCUT2D eigenvalue weighted by Gasteiger charge is -2.42. The van der Waals surface area contributed by atoms with Gasteiger partial charge in [0.2, 0.25) is 29.7 Å². The Morgan fingerprint density at radius 1 is 0.778 bits per heavy atom. The van der Waals surface area contributed by atoms with Crippen LogP contribution >= 0.6 is 22.9 Å². The highest BCUT2D eigenvalue weighted by Crippen LogP contribution is 2.50. The number of para-hydroxylation sites is 2. The molecule has 3 aromatic heterocycles. The first-order valence-corrected chi connectivity index (χ1v) is 41.5. The van der Waals surface area contributed by atoms with Crippen molar-refractivity contribution < 1.29 is 93.6 Å². The maximum Gasteiger partial charge on any atom is 0.491 e. The van der Waals surface area contributed by atoms with E-state index in [4.69, 9.17) is 51.3 Å². The Bertz CT molecular complexity index is 5660. The molecule has 12 rings (SSSR count). The van der Waals surface area contributed by atoms with Crippen molar-refractivity contribution in [2.24, 2.45) is 16.8 Å². The zero-order valence-corrected chi connectivity index (χ0v) is 71.1.